The molecule has 0 aromatic carbocycles. The van der Waals surface area contributed by atoms with Crippen molar-refractivity contribution in [2.45, 2.75) is 19.3 Å². The number of thiophene rings is 1. The summed E-state index contributed by atoms with van der Waals surface area (Å²) < 4.78 is 1.04. The molecular weight excluding hydrogens is 354 g/mol. The van der Waals surface area contributed by atoms with Gasteiger partial charge >= 0.3 is 5.97 Å². The quantitative estimate of drug-likeness (QED) is 0.889. The van der Waals surface area contributed by atoms with Crippen molar-refractivity contribution in [2.24, 2.45) is 5.92 Å². The molecule has 1 amide bonds. The number of carbonyl (C=O) groups is 2. The molecule has 0 bridgehead atoms. The van der Waals surface area contributed by atoms with Crippen molar-refractivity contribution in [1.29, 1.82) is 0 Å². The number of likely N-dealkylation sites (tertiary alicyclic amines) is 1. The number of aryl methyl sites for hydroxylation is 1. The van der Waals surface area contributed by atoms with E-state index in [2.05, 4.69) is 15.9 Å². The number of nitrogens with zero attached hydrogens (tertiary/aromatic N) is 1. The molecule has 1 aliphatic heterocycles. The Morgan fingerprint density at radius 3 is 2.79 bits per heavy atom. The number of halogens is 2. The van der Waals surface area contributed by atoms with Gasteiger partial charge in [0.25, 0.3) is 0 Å². The largest absolute Gasteiger partial charge is 0.481 e. The Labute approximate surface area is 130 Å². The van der Waals surface area contributed by atoms with Gasteiger partial charge in [-0.15, -0.1) is 23.7 Å². The highest BCUT2D eigenvalue weighted by Gasteiger charge is 2.30. The lowest BCUT2D eigenvalue weighted by Crippen LogP contribution is -2.30. The highest BCUT2D eigenvalue weighted by molar-refractivity contribution is 9.10. The number of carboxylic acid groups (broad SMARTS) is 1. The van der Waals surface area contributed by atoms with E-state index in [0.29, 0.717) is 25.9 Å². The minimum atomic E-state index is -0.799. The molecule has 2 heterocycles. The Balaban J connectivity index is 0.00000180. The van der Waals surface area contributed by atoms with E-state index in [0.717, 1.165) is 10.9 Å². The third-order valence-corrected chi connectivity index (χ3v) is 4.85. The topological polar surface area (TPSA) is 57.6 Å². The van der Waals surface area contributed by atoms with E-state index < -0.39 is 5.97 Å². The molecule has 0 saturated carbocycles. The Bertz CT molecular complexity index is 466. The fourth-order valence-corrected chi connectivity index (χ4v) is 3.52. The Kier molecular flexibility index (Phi) is 6.29. The fraction of sp³-hybridized carbons (Fsp3) is 0.500. The van der Waals surface area contributed by atoms with E-state index in [-0.39, 0.29) is 24.2 Å². The third-order valence-electron chi connectivity index (χ3n) is 3.10. The Morgan fingerprint density at radius 1 is 1.53 bits per heavy atom. The van der Waals surface area contributed by atoms with Gasteiger partial charge in [0.1, 0.15) is 0 Å². The van der Waals surface area contributed by atoms with Crippen LogP contribution < -0.4 is 0 Å². The summed E-state index contributed by atoms with van der Waals surface area (Å²) in [7, 11) is 0. The van der Waals surface area contributed by atoms with Crippen LogP contribution >= 0.6 is 39.7 Å². The van der Waals surface area contributed by atoms with Crippen molar-refractivity contribution in [2.75, 3.05) is 13.1 Å². The molecule has 7 heteroatoms. The average Bonchev–Trinajstić information content (AvgIpc) is 2.94. The van der Waals surface area contributed by atoms with Crippen LogP contribution in [0.5, 0.6) is 0 Å². The molecule has 1 aromatic rings. The van der Waals surface area contributed by atoms with Gasteiger partial charge in [0.05, 0.1) is 5.92 Å². The summed E-state index contributed by atoms with van der Waals surface area (Å²) in [5.41, 5.74) is 0. The lowest BCUT2D eigenvalue weighted by atomic mass is 10.1. The number of rotatable bonds is 4. The van der Waals surface area contributed by atoms with Crippen molar-refractivity contribution >= 4 is 51.6 Å². The van der Waals surface area contributed by atoms with E-state index in [1.54, 1.807) is 16.2 Å². The molecule has 106 valence electrons. The predicted molar refractivity (Wildman–Crippen MR) is 79.9 cm³/mol. The zero-order valence-electron chi connectivity index (χ0n) is 10.2. The number of aliphatic carboxylic acids is 1. The highest BCUT2D eigenvalue weighted by Crippen LogP contribution is 2.22. The SMILES string of the molecule is Cl.O=C(O)C1CCN(C(=O)CCc2cc(Br)cs2)C1. The molecule has 4 nitrogen and oxygen atoms in total. The molecule has 1 unspecified atom stereocenters. The summed E-state index contributed by atoms with van der Waals surface area (Å²) in [6.45, 7) is 0.937. The molecular formula is C12H15BrClNO3S. The van der Waals surface area contributed by atoms with Gasteiger partial charge in [-0.3, -0.25) is 9.59 Å². The average molecular weight is 369 g/mol. The smallest absolute Gasteiger partial charge is 0.308 e. The van der Waals surface area contributed by atoms with Gasteiger partial charge in [-0.1, -0.05) is 0 Å². The minimum Gasteiger partial charge on any atom is -0.481 e. The highest BCUT2D eigenvalue weighted by atomic mass is 79.9. The summed E-state index contributed by atoms with van der Waals surface area (Å²) in [6, 6.07) is 2.02. The van der Waals surface area contributed by atoms with Gasteiger partial charge in [0.15, 0.2) is 0 Å². The predicted octanol–water partition coefficient (Wildman–Crippen LogP) is 2.80. The van der Waals surface area contributed by atoms with Gasteiger partial charge < -0.3 is 10.0 Å². The van der Waals surface area contributed by atoms with Crippen LogP contribution in [0.25, 0.3) is 0 Å². The van der Waals surface area contributed by atoms with Crippen molar-refractivity contribution in [3.05, 3.63) is 20.8 Å². The Morgan fingerprint density at radius 2 is 2.26 bits per heavy atom. The molecule has 0 radical (unpaired) electrons. The second kappa shape index (κ2) is 7.26. The van der Waals surface area contributed by atoms with E-state index in [4.69, 9.17) is 5.11 Å². The number of carboxylic acids is 1. The standard InChI is InChI=1S/C12H14BrNO3S.ClH/c13-9-5-10(18-7-9)1-2-11(15)14-4-3-8(6-14)12(16)17;/h5,7-8H,1-4,6H2,(H,16,17);1H. The van der Waals surface area contributed by atoms with Gasteiger partial charge in [-0.25, -0.2) is 0 Å². The monoisotopic (exact) mass is 367 g/mol. The van der Waals surface area contributed by atoms with Crippen LogP contribution in [0.1, 0.15) is 17.7 Å². The van der Waals surface area contributed by atoms with Crippen molar-refractivity contribution in [3.8, 4) is 0 Å². The van der Waals surface area contributed by atoms with Crippen LogP contribution in [0, 0.1) is 5.92 Å². The molecule has 0 aliphatic carbocycles. The second-order valence-corrected chi connectivity index (χ2v) is 6.31. The molecule has 1 aliphatic rings. The van der Waals surface area contributed by atoms with E-state index >= 15 is 0 Å². The van der Waals surface area contributed by atoms with Crippen LogP contribution in [-0.2, 0) is 16.0 Å². The summed E-state index contributed by atoms with van der Waals surface area (Å²) in [4.78, 5) is 25.6. The van der Waals surface area contributed by atoms with Crippen LogP contribution in [0.15, 0.2) is 15.9 Å². The molecule has 2 rings (SSSR count). The van der Waals surface area contributed by atoms with Crippen molar-refractivity contribution in [1.82, 2.24) is 4.90 Å². The van der Waals surface area contributed by atoms with Gasteiger partial charge in [-0.2, -0.15) is 0 Å². The molecule has 19 heavy (non-hydrogen) atoms. The van der Waals surface area contributed by atoms with Crippen molar-refractivity contribution < 1.29 is 14.7 Å². The molecule has 1 atom stereocenters. The van der Waals surface area contributed by atoms with Crippen LogP contribution in [0.3, 0.4) is 0 Å². The molecule has 1 aromatic heterocycles. The number of hydrogen-bond acceptors (Lipinski definition) is 3. The summed E-state index contributed by atoms with van der Waals surface area (Å²) in [5.74, 6) is -1.12. The van der Waals surface area contributed by atoms with E-state index in [9.17, 15) is 9.59 Å². The zero-order chi connectivity index (χ0) is 13.1. The van der Waals surface area contributed by atoms with Crippen molar-refractivity contribution in [3.63, 3.8) is 0 Å². The summed E-state index contributed by atoms with van der Waals surface area (Å²) in [6.07, 6.45) is 1.76. The number of hydrogen-bond donors (Lipinski definition) is 1. The molecule has 1 fully saturated rings. The van der Waals surface area contributed by atoms with Crippen LogP contribution in [-0.4, -0.2) is 35.0 Å². The number of carbonyl (C=O) groups excluding carboxylic acids is 1. The first-order chi connectivity index (χ1) is 8.56. The molecule has 1 saturated heterocycles. The third kappa shape index (κ3) is 4.47. The first kappa shape index (κ1) is 16.5. The van der Waals surface area contributed by atoms with Gasteiger partial charge in [0.2, 0.25) is 5.91 Å². The summed E-state index contributed by atoms with van der Waals surface area (Å²) in [5, 5.41) is 10.9. The van der Waals surface area contributed by atoms with Gasteiger partial charge in [0, 0.05) is 34.2 Å². The fourth-order valence-electron chi connectivity index (χ4n) is 2.06. The zero-order valence-corrected chi connectivity index (χ0v) is 13.4. The molecule has 1 N–H and O–H groups in total. The minimum absolute atomic E-state index is 0. The normalized spacial score (nSPS) is 18.2. The van der Waals surface area contributed by atoms with Crippen LogP contribution in [0.4, 0.5) is 0 Å². The van der Waals surface area contributed by atoms with E-state index in [1.807, 2.05) is 11.4 Å². The van der Waals surface area contributed by atoms with Crippen LogP contribution in [0.2, 0.25) is 0 Å². The van der Waals surface area contributed by atoms with Gasteiger partial charge in [-0.05, 0) is 34.8 Å². The first-order valence-electron chi connectivity index (χ1n) is 5.80. The lowest BCUT2D eigenvalue weighted by Gasteiger charge is -2.15. The molecule has 0 spiro atoms. The maximum absolute atomic E-state index is 11.9. The van der Waals surface area contributed by atoms with E-state index in [1.165, 1.54) is 4.88 Å². The summed E-state index contributed by atoms with van der Waals surface area (Å²) >= 11 is 5.01. The second-order valence-electron chi connectivity index (χ2n) is 4.39. The maximum Gasteiger partial charge on any atom is 0.308 e. The lowest BCUT2D eigenvalue weighted by molar-refractivity contribution is -0.141. The number of amides is 1. The first-order valence-corrected chi connectivity index (χ1v) is 7.47. The maximum atomic E-state index is 11.9. The Hall–Kier alpha value is -0.590.